The molecule has 2 heterocycles. The van der Waals surface area contributed by atoms with Crippen LogP contribution in [0, 0.1) is 0 Å². The summed E-state index contributed by atoms with van der Waals surface area (Å²) in [5.41, 5.74) is 12.9. The topological polar surface area (TPSA) is 18.1 Å². The lowest BCUT2D eigenvalue weighted by Gasteiger charge is -2.13. The van der Waals surface area contributed by atoms with Crippen LogP contribution in [0.25, 0.3) is 104 Å². The zero-order valence-corrected chi connectivity index (χ0v) is 24.8. The maximum Gasteiger partial charge on any atom is 0.143 e. The minimum absolute atomic E-state index is 0.916. The summed E-state index contributed by atoms with van der Waals surface area (Å²) in [4.78, 5) is 0. The molecule has 0 unspecified atom stereocenters. The van der Waals surface area contributed by atoms with Crippen molar-refractivity contribution in [3.05, 3.63) is 152 Å². The van der Waals surface area contributed by atoms with Crippen LogP contribution in [0.3, 0.4) is 0 Å². The fourth-order valence-corrected chi connectivity index (χ4v) is 8.19. The number of aromatic nitrogens is 1. The third kappa shape index (κ3) is 3.05. The SMILES string of the molecule is c1cc(-c2cccc3c2oc2ccccc23)cc(-n2c3cc4c5c(cccc5c3c3ccc5ccccc5c32)-c2ccccc2-4)c1. The number of furan rings is 1. The maximum atomic E-state index is 6.48. The first-order chi connectivity index (χ1) is 22.8. The molecule has 2 nitrogen and oxygen atoms in total. The second-order valence-corrected chi connectivity index (χ2v) is 12.4. The Balaban J connectivity index is 1.27. The highest BCUT2D eigenvalue weighted by atomic mass is 16.3. The van der Waals surface area contributed by atoms with E-state index < -0.39 is 0 Å². The van der Waals surface area contributed by atoms with Gasteiger partial charge in [-0.25, -0.2) is 0 Å². The Kier molecular flexibility index (Phi) is 4.61. The van der Waals surface area contributed by atoms with E-state index in [-0.39, 0.29) is 0 Å². The number of rotatable bonds is 2. The quantitative estimate of drug-likeness (QED) is 0.198. The Morgan fingerprint density at radius 2 is 1.11 bits per heavy atom. The van der Waals surface area contributed by atoms with Gasteiger partial charge in [0.1, 0.15) is 11.2 Å². The van der Waals surface area contributed by atoms with Gasteiger partial charge in [0.25, 0.3) is 0 Å². The molecule has 0 saturated heterocycles. The molecule has 8 aromatic carbocycles. The predicted octanol–water partition coefficient (Wildman–Crippen LogP) is 12.3. The molecule has 10 aromatic rings. The van der Waals surface area contributed by atoms with Gasteiger partial charge < -0.3 is 8.98 Å². The van der Waals surface area contributed by atoms with Gasteiger partial charge in [-0.15, -0.1) is 0 Å². The summed E-state index contributed by atoms with van der Waals surface area (Å²) in [6, 6.07) is 55.2. The van der Waals surface area contributed by atoms with E-state index in [2.05, 4.69) is 150 Å². The van der Waals surface area contributed by atoms with Gasteiger partial charge in [0, 0.05) is 38.2 Å². The second-order valence-electron chi connectivity index (χ2n) is 12.4. The van der Waals surface area contributed by atoms with Crippen molar-refractivity contribution in [1.82, 2.24) is 4.57 Å². The monoisotopic (exact) mass is 583 g/mol. The van der Waals surface area contributed by atoms with Crippen molar-refractivity contribution < 1.29 is 4.42 Å². The predicted molar refractivity (Wildman–Crippen MR) is 193 cm³/mol. The van der Waals surface area contributed by atoms with Crippen molar-refractivity contribution in [2.75, 3.05) is 0 Å². The number of para-hydroxylation sites is 2. The lowest BCUT2D eigenvalue weighted by atomic mass is 9.97. The lowest BCUT2D eigenvalue weighted by Crippen LogP contribution is -1.95. The molecule has 46 heavy (non-hydrogen) atoms. The molecule has 0 spiro atoms. The summed E-state index contributed by atoms with van der Waals surface area (Å²) < 4.78 is 8.98. The van der Waals surface area contributed by atoms with Crippen LogP contribution in [0.2, 0.25) is 0 Å². The summed E-state index contributed by atoms with van der Waals surface area (Å²) in [6.45, 7) is 0. The van der Waals surface area contributed by atoms with E-state index in [4.69, 9.17) is 4.42 Å². The molecule has 0 bridgehead atoms. The van der Waals surface area contributed by atoms with Crippen molar-refractivity contribution in [2.45, 2.75) is 0 Å². The van der Waals surface area contributed by atoms with Gasteiger partial charge in [0.2, 0.25) is 0 Å². The van der Waals surface area contributed by atoms with Gasteiger partial charge in [-0.3, -0.25) is 0 Å². The van der Waals surface area contributed by atoms with Crippen LogP contribution in [0.4, 0.5) is 0 Å². The van der Waals surface area contributed by atoms with Crippen LogP contribution < -0.4 is 0 Å². The molecule has 212 valence electrons. The second kappa shape index (κ2) is 8.74. The number of fused-ring (bicyclic) bond motifs is 12. The van der Waals surface area contributed by atoms with Gasteiger partial charge in [0.15, 0.2) is 0 Å². The van der Waals surface area contributed by atoms with Gasteiger partial charge in [0.05, 0.1) is 11.0 Å². The Hall–Kier alpha value is -6.12. The minimum Gasteiger partial charge on any atom is -0.455 e. The highest BCUT2D eigenvalue weighted by Gasteiger charge is 2.26. The summed E-state index contributed by atoms with van der Waals surface area (Å²) >= 11 is 0. The Morgan fingerprint density at radius 3 is 2.02 bits per heavy atom. The molecular weight excluding hydrogens is 558 g/mol. The zero-order chi connectivity index (χ0) is 29.9. The number of hydrogen-bond acceptors (Lipinski definition) is 1. The molecule has 0 aliphatic heterocycles. The largest absolute Gasteiger partial charge is 0.455 e. The number of benzene rings is 8. The van der Waals surface area contributed by atoms with E-state index in [1.807, 2.05) is 6.07 Å². The van der Waals surface area contributed by atoms with E-state index >= 15 is 0 Å². The molecule has 11 rings (SSSR count). The molecule has 0 radical (unpaired) electrons. The average Bonchev–Trinajstić information content (AvgIpc) is 3.77. The summed E-state index contributed by atoms with van der Waals surface area (Å²) in [5, 5.41) is 10.0. The molecule has 0 amide bonds. The third-order valence-electron chi connectivity index (χ3n) is 10.1. The van der Waals surface area contributed by atoms with Crippen LogP contribution in [0.15, 0.2) is 156 Å². The molecule has 0 saturated carbocycles. The highest BCUT2D eigenvalue weighted by molar-refractivity contribution is 6.31. The summed E-state index contributed by atoms with van der Waals surface area (Å²) in [6.07, 6.45) is 0. The molecule has 2 heteroatoms. The van der Waals surface area contributed by atoms with Crippen LogP contribution in [-0.2, 0) is 0 Å². The first kappa shape index (κ1) is 24.2. The Morgan fingerprint density at radius 1 is 0.413 bits per heavy atom. The lowest BCUT2D eigenvalue weighted by molar-refractivity contribution is 0.670. The van der Waals surface area contributed by atoms with E-state index in [9.17, 15) is 0 Å². The van der Waals surface area contributed by atoms with Crippen LogP contribution >= 0.6 is 0 Å². The van der Waals surface area contributed by atoms with Crippen molar-refractivity contribution >= 4 is 65.3 Å². The van der Waals surface area contributed by atoms with Crippen molar-refractivity contribution in [1.29, 1.82) is 0 Å². The van der Waals surface area contributed by atoms with Crippen molar-refractivity contribution in [3.63, 3.8) is 0 Å². The fourth-order valence-electron chi connectivity index (χ4n) is 8.19. The minimum atomic E-state index is 0.916. The highest BCUT2D eigenvalue weighted by Crippen LogP contribution is 2.51. The molecule has 1 aliphatic rings. The standard InChI is InChI=1S/C44H25NO/c1-2-13-29-26(10-1)22-23-37-42-36-20-9-18-34-31-14-3-4-15-32(31)38(41(34)36)25-39(42)45(43(29)37)28-12-7-11-27(24-28)30-17-8-19-35-33-16-5-6-21-40(33)46-44(30)35/h1-25H. The number of hydrogen-bond donors (Lipinski definition) is 0. The summed E-state index contributed by atoms with van der Waals surface area (Å²) in [5.74, 6) is 0. The van der Waals surface area contributed by atoms with Crippen molar-refractivity contribution in [2.24, 2.45) is 0 Å². The normalized spacial score (nSPS) is 12.3. The van der Waals surface area contributed by atoms with Gasteiger partial charge in [-0.2, -0.15) is 0 Å². The third-order valence-corrected chi connectivity index (χ3v) is 10.1. The average molecular weight is 584 g/mol. The number of nitrogens with zero attached hydrogens (tertiary/aromatic N) is 1. The van der Waals surface area contributed by atoms with Crippen LogP contribution in [0.1, 0.15) is 0 Å². The molecule has 1 aliphatic carbocycles. The van der Waals surface area contributed by atoms with Gasteiger partial charge >= 0.3 is 0 Å². The smallest absolute Gasteiger partial charge is 0.143 e. The van der Waals surface area contributed by atoms with E-state index in [1.54, 1.807) is 0 Å². The molecule has 0 atom stereocenters. The maximum absolute atomic E-state index is 6.48. The summed E-state index contributed by atoms with van der Waals surface area (Å²) in [7, 11) is 0. The van der Waals surface area contributed by atoms with Crippen molar-refractivity contribution in [3.8, 4) is 39.1 Å². The first-order valence-corrected chi connectivity index (χ1v) is 15.9. The first-order valence-electron chi connectivity index (χ1n) is 15.9. The zero-order valence-electron chi connectivity index (χ0n) is 24.8. The Bertz CT molecular complexity index is 2920. The Labute approximate surface area is 264 Å². The molecule has 2 aromatic heterocycles. The van der Waals surface area contributed by atoms with E-state index in [0.29, 0.717) is 0 Å². The molecular formula is C44H25NO. The van der Waals surface area contributed by atoms with E-state index in [0.717, 1.165) is 38.8 Å². The fraction of sp³-hybridized carbons (Fsp3) is 0. The molecule has 0 N–H and O–H groups in total. The van der Waals surface area contributed by atoms with E-state index in [1.165, 1.54) is 65.6 Å². The van der Waals surface area contributed by atoms with Gasteiger partial charge in [-0.1, -0.05) is 127 Å². The molecule has 0 fully saturated rings. The van der Waals surface area contributed by atoms with Crippen LogP contribution in [0.5, 0.6) is 0 Å². The van der Waals surface area contributed by atoms with Crippen LogP contribution in [-0.4, -0.2) is 4.57 Å². The van der Waals surface area contributed by atoms with Gasteiger partial charge in [-0.05, 0) is 68.2 Å².